The fraction of sp³-hybridized carbons (Fsp3) is 0.320. The highest BCUT2D eigenvalue weighted by Crippen LogP contribution is 2.20. The maximum absolute atomic E-state index is 13.0. The van der Waals surface area contributed by atoms with Crippen molar-refractivity contribution in [2.24, 2.45) is 0 Å². The van der Waals surface area contributed by atoms with E-state index >= 15 is 0 Å². The summed E-state index contributed by atoms with van der Waals surface area (Å²) in [5, 5.41) is 2.78. The van der Waals surface area contributed by atoms with Gasteiger partial charge in [0.25, 0.3) is 0 Å². The molecule has 0 spiro atoms. The molecule has 0 aromatic heterocycles. The van der Waals surface area contributed by atoms with E-state index in [9.17, 15) is 14.4 Å². The van der Waals surface area contributed by atoms with Crippen LogP contribution in [0.5, 0.6) is 0 Å². The van der Waals surface area contributed by atoms with E-state index in [4.69, 9.17) is 9.47 Å². The zero-order chi connectivity index (χ0) is 23.6. The van der Waals surface area contributed by atoms with Gasteiger partial charge in [-0.1, -0.05) is 60.7 Å². The van der Waals surface area contributed by atoms with Gasteiger partial charge in [0.2, 0.25) is 0 Å². The van der Waals surface area contributed by atoms with Gasteiger partial charge in [0, 0.05) is 33.3 Å². The van der Waals surface area contributed by atoms with Gasteiger partial charge in [0.15, 0.2) is 5.78 Å². The lowest BCUT2D eigenvalue weighted by Crippen LogP contribution is -2.44. The Kier molecular flexibility index (Phi) is 8.46. The molecule has 0 bridgehead atoms. The van der Waals surface area contributed by atoms with Crippen LogP contribution in [0.2, 0.25) is 0 Å². The smallest absolute Gasteiger partial charge is 0.414 e. The highest BCUT2D eigenvalue weighted by atomic mass is 16.6. The van der Waals surface area contributed by atoms with Gasteiger partial charge < -0.3 is 19.7 Å². The normalized spacial score (nSPS) is 17.3. The number of carbonyl (C=O) groups is 3. The summed E-state index contributed by atoms with van der Waals surface area (Å²) < 4.78 is 10.8. The number of nitrogens with zero attached hydrogens (tertiary/aromatic N) is 2. The van der Waals surface area contributed by atoms with Crippen LogP contribution in [0.3, 0.4) is 0 Å². The molecule has 3 rings (SSSR count). The van der Waals surface area contributed by atoms with Crippen molar-refractivity contribution in [2.75, 3.05) is 20.6 Å². The molecule has 33 heavy (non-hydrogen) atoms. The van der Waals surface area contributed by atoms with Crippen molar-refractivity contribution in [3.63, 3.8) is 0 Å². The summed E-state index contributed by atoms with van der Waals surface area (Å²) in [5.41, 5.74) is 1.94. The summed E-state index contributed by atoms with van der Waals surface area (Å²) in [6.45, 7) is 0.309. The number of nitrogens with one attached hydrogen (secondary N) is 1. The van der Waals surface area contributed by atoms with E-state index < -0.39 is 18.2 Å². The number of carbonyl (C=O) groups excluding carboxylic acids is 3. The van der Waals surface area contributed by atoms with E-state index in [-0.39, 0.29) is 37.7 Å². The molecule has 0 unspecified atom stereocenters. The third kappa shape index (κ3) is 7.38. The number of likely N-dealkylation sites (tertiary alicyclic amines) is 1. The average molecular weight is 452 g/mol. The first-order valence-electron chi connectivity index (χ1n) is 10.8. The lowest BCUT2D eigenvalue weighted by Gasteiger charge is -2.26. The first-order chi connectivity index (χ1) is 15.9. The fourth-order valence-electron chi connectivity index (χ4n) is 3.40. The molecular formula is C25H29N3O5. The van der Waals surface area contributed by atoms with Crippen LogP contribution in [0.15, 0.2) is 72.6 Å². The molecule has 1 fully saturated rings. The van der Waals surface area contributed by atoms with Gasteiger partial charge in [0.1, 0.15) is 18.9 Å². The standard InChI is InChI=1S/C25H29N3O5/c1-27(2)16-22-23(29)14-13-21(26-24(30)32-17-19-9-5-3-6-10-19)15-28(22)25(31)33-18-20-11-7-4-8-12-20/h3-12,16,21H,13-15,17-18H2,1-2H3,(H,26,30)/t21-/m0/s1. The lowest BCUT2D eigenvalue weighted by molar-refractivity contribution is -0.116. The molecule has 2 aromatic carbocycles. The van der Waals surface area contributed by atoms with E-state index in [2.05, 4.69) is 5.32 Å². The molecule has 1 N–H and O–H groups in total. The second-order valence-electron chi connectivity index (χ2n) is 7.99. The Labute approximate surface area is 193 Å². The second-order valence-corrected chi connectivity index (χ2v) is 7.99. The highest BCUT2D eigenvalue weighted by molar-refractivity contribution is 5.98. The first-order valence-corrected chi connectivity index (χ1v) is 10.8. The Morgan fingerprint density at radius 2 is 1.58 bits per heavy atom. The van der Waals surface area contributed by atoms with E-state index in [0.717, 1.165) is 11.1 Å². The first kappa shape index (κ1) is 23.8. The highest BCUT2D eigenvalue weighted by Gasteiger charge is 2.32. The summed E-state index contributed by atoms with van der Waals surface area (Å²) in [7, 11) is 3.55. The molecule has 2 amide bonds. The van der Waals surface area contributed by atoms with E-state index in [1.54, 1.807) is 25.2 Å². The molecule has 8 heteroatoms. The van der Waals surface area contributed by atoms with Crippen LogP contribution in [0.1, 0.15) is 24.0 Å². The number of Topliss-reactive ketones (excluding diaryl/α,β-unsaturated/α-hetero) is 1. The fourth-order valence-corrected chi connectivity index (χ4v) is 3.40. The number of hydrogen-bond acceptors (Lipinski definition) is 6. The van der Waals surface area contributed by atoms with Crippen LogP contribution in [0.25, 0.3) is 0 Å². The van der Waals surface area contributed by atoms with Gasteiger partial charge in [-0.15, -0.1) is 0 Å². The Hall–Kier alpha value is -3.81. The number of ketones is 1. The molecule has 8 nitrogen and oxygen atoms in total. The molecule has 0 aliphatic carbocycles. The van der Waals surface area contributed by atoms with Crippen LogP contribution in [0.4, 0.5) is 9.59 Å². The van der Waals surface area contributed by atoms with Crippen molar-refractivity contribution in [2.45, 2.75) is 32.1 Å². The van der Waals surface area contributed by atoms with Crippen LogP contribution in [0, 0.1) is 0 Å². The number of benzene rings is 2. The van der Waals surface area contributed by atoms with Crippen molar-refractivity contribution in [3.8, 4) is 0 Å². The molecule has 174 valence electrons. The second kappa shape index (κ2) is 11.7. The zero-order valence-electron chi connectivity index (χ0n) is 18.9. The predicted molar refractivity (Wildman–Crippen MR) is 123 cm³/mol. The number of rotatable bonds is 6. The Balaban J connectivity index is 1.67. The van der Waals surface area contributed by atoms with Gasteiger partial charge in [-0.05, 0) is 17.5 Å². The maximum atomic E-state index is 13.0. The number of alkyl carbamates (subject to hydrolysis) is 1. The topological polar surface area (TPSA) is 88.2 Å². The predicted octanol–water partition coefficient (Wildman–Crippen LogP) is 3.69. The van der Waals surface area contributed by atoms with Gasteiger partial charge in [0.05, 0.1) is 6.04 Å². The van der Waals surface area contributed by atoms with Gasteiger partial charge in [-0.3, -0.25) is 9.69 Å². The van der Waals surface area contributed by atoms with Crippen molar-refractivity contribution in [1.29, 1.82) is 0 Å². The number of allylic oxidation sites excluding steroid dienone is 1. The van der Waals surface area contributed by atoms with Crippen molar-refractivity contribution >= 4 is 18.0 Å². The van der Waals surface area contributed by atoms with Gasteiger partial charge in [-0.2, -0.15) is 0 Å². The summed E-state index contributed by atoms with van der Waals surface area (Å²) in [5.74, 6) is -0.192. The van der Waals surface area contributed by atoms with Gasteiger partial charge >= 0.3 is 12.2 Å². The minimum absolute atomic E-state index is 0.0802. The molecule has 1 aliphatic rings. The molecule has 2 aromatic rings. The third-order valence-electron chi connectivity index (χ3n) is 5.04. The average Bonchev–Trinajstić information content (AvgIpc) is 2.96. The molecule has 0 saturated carbocycles. The van der Waals surface area contributed by atoms with Crippen molar-refractivity contribution < 1.29 is 23.9 Å². The Morgan fingerprint density at radius 1 is 1.00 bits per heavy atom. The van der Waals surface area contributed by atoms with Crippen LogP contribution in [-0.2, 0) is 27.5 Å². The summed E-state index contributed by atoms with van der Waals surface area (Å²) in [6, 6.07) is 18.2. The van der Waals surface area contributed by atoms with Crippen LogP contribution < -0.4 is 5.32 Å². The van der Waals surface area contributed by atoms with E-state index in [1.165, 1.54) is 4.90 Å². The molecule has 1 atom stereocenters. The largest absolute Gasteiger partial charge is 0.445 e. The summed E-state index contributed by atoms with van der Waals surface area (Å²) in [4.78, 5) is 41.1. The zero-order valence-corrected chi connectivity index (χ0v) is 18.9. The minimum Gasteiger partial charge on any atom is -0.445 e. The minimum atomic E-state index is -0.647. The van der Waals surface area contributed by atoms with Crippen LogP contribution >= 0.6 is 0 Å². The number of ether oxygens (including phenoxy) is 2. The van der Waals surface area contributed by atoms with Crippen LogP contribution in [-0.4, -0.2) is 54.5 Å². The van der Waals surface area contributed by atoms with Crippen molar-refractivity contribution in [3.05, 3.63) is 83.7 Å². The molecule has 1 heterocycles. The molecular weight excluding hydrogens is 422 g/mol. The molecule has 1 saturated heterocycles. The van der Waals surface area contributed by atoms with Gasteiger partial charge in [-0.25, -0.2) is 9.59 Å². The Morgan fingerprint density at radius 3 is 2.15 bits per heavy atom. The van der Waals surface area contributed by atoms with E-state index in [0.29, 0.717) is 6.42 Å². The quantitative estimate of drug-likeness (QED) is 0.674. The molecule has 1 aliphatic heterocycles. The lowest BCUT2D eigenvalue weighted by atomic mass is 10.1. The van der Waals surface area contributed by atoms with Crippen molar-refractivity contribution in [1.82, 2.24) is 15.1 Å². The number of hydrogen-bond donors (Lipinski definition) is 1. The number of amides is 2. The summed E-state index contributed by atoms with van der Waals surface area (Å²) >= 11 is 0. The summed E-state index contributed by atoms with van der Waals surface area (Å²) in [6.07, 6.45) is 0.918. The SMILES string of the molecule is CN(C)C=C1C(=O)CC[C@H](NC(=O)OCc2ccccc2)CN1C(=O)OCc1ccccc1. The monoisotopic (exact) mass is 451 g/mol. The maximum Gasteiger partial charge on any atom is 0.414 e. The van der Waals surface area contributed by atoms with E-state index in [1.807, 2.05) is 60.7 Å². The Bertz CT molecular complexity index is 976. The molecule has 0 radical (unpaired) electrons. The third-order valence-corrected chi connectivity index (χ3v) is 5.04.